The first-order valence-corrected chi connectivity index (χ1v) is 38.4. The van der Waals surface area contributed by atoms with E-state index < -0.39 is 0 Å². The molecular formula is C84H142N22O2. The molecule has 12 rings (SSSR count). The summed E-state index contributed by atoms with van der Waals surface area (Å²) in [6.45, 7) is 70.0. The molecule has 600 valence electrons. The van der Waals surface area contributed by atoms with E-state index in [4.69, 9.17) is 14.6 Å². The van der Waals surface area contributed by atoms with Crippen molar-refractivity contribution in [1.29, 1.82) is 0 Å². The maximum absolute atomic E-state index is 5.60. The molecule has 0 aliphatic carbocycles. The number of aromatic nitrogens is 21. The highest BCUT2D eigenvalue weighted by Gasteiger charge is 2.09. The van der Waals surface area contributed by atoms with Gasteiger partial charge in [-0.25, -0.2) is 15.0 Å². The Morgan fingerprint density at radius 2 is 1.06 bits per heavy atom. The van der Waals surface area contributed by atoms with E-state index in [-0.39, 0.29) is 0 Å². The van der Waals surface area contributed by atoms with E-state index in [9.17, 15) is 0 Å². The van der Waals surface area contributed by atoms with Crippen LogP contribution in [0.3, 0.4) is 0 Å². The molecule has 24 heteroatoms. The Morgan fingerprint density at radius 3 is 1.30 bits per heavy atom. The van der Waals surface area contributed by atoms with Gasteiger partial charge in [-0.05, 0) is 213 Å². The van der Waals surface area contributed by atoms with Crippen LogP contribution in [0.15, 0.2) is 145 Å². The quantitative estimate of drug-likeness (QED) is 0.0969. The molecule has 0 atom stereocenters. The largest absolute Gasteiger partial charge is 0.446 e. The molecule has 24 nitrogen and oxygen atoms in total. The summed E-state index contributed by atoms with van der Waals surface area (Å²) < 4.78 is 26.1. The van der Waals surface area contributed by atoms with Crippen LogP contribution < -0.4 is 5.73 Å². The van der Waals surface area contributed by atoms with Crippen molar-refractivity contribution in [3.05, 3.63) is 216 Å². The molecule has 0 spiro atoms. The fraction of sp³-hybridized carbons (Fsp3) is 0.560. The van der Waals surface area contributed by atoms with Crippen LogP contribution in [0, 0.1) is 55.4 Å². The Hall–Kier alpha value is -9.61. The average Bonchev–Trinajstić information content (AvgIpc) is 1.73. The summed E-state index contributed by atoms with van der Waals surface area (Å²) in [5.74, 6) is 6.30. The predicted octanol–water partition coefficient (Wildman–Crippen LogP) is 21.7. The number of nitrogen functional groups attached to an aromatic ring is 1. The number of aromatic amines is 2. The molecule has 12 aromatic rings. The first-order chi connectivity index (χ1) is 50.6. The Balaban J connectivity index is 0.000000589. The Bertz CT molecular complexity index is 3730. The van der Waals surface area contributed by atoms with Gasteiger partial charge in [0.05, 0.1) is 60.7 Å². The summed E-state index contributed by atoms with van der Waals surface area (Å²) in [6, 6.07) is 6.96. The number of oxazole rings is 1. The molecule has 0 saturated carbocycles. The number of H-pyrrole nitrogens is 2. The van der Waals surface area contributed by atoms with Gasteiger partial charge in [0.15, 0.2) is 5.89 Å². The monoisotopic (exact) mass is 1490 g/mol. The minimum Gasteiger partial charge on any atom is -0.446 e. The van der Waals surface area contributed by atoms with Crippen LogP contribution in [0.25, 0.3) is 0 Å². The van der Waals surface area contributed by atoms with Crippen LogP contribution in [-0.2, 0) is 13.6 Å². The number of anilines is 1. The predicted molar refractivity (Wildman–Crippen MR) is 446 cm³/mol. The van der Waals surface area contributed by atoms with Crippen molar-refractivity contribution in [2.45, 2.75) is 307 Å². The van der Waals surface area contributed by atoms with Crippen molar-refractivity contribution >= 4 is 5.69 Å². The van der Waals surface area contributed by atoms with Gasteiger partial charge in [0.25, 0.3) is 0 Å². The third kappa shape index (κ3) is 38.8. The number of hydrogen-bond acceptors (Lipinski definition) is 14. The average molecular weight is 1490 g/mol. The summed E-state index contributed by atoms with van der Waals surface area (Å²) >= 11 is 0. The minimum absolute atomic E-state index is 0.339. The molecule has 0 amide bonds. The van der Waals surface area contributed by atoms with Gasteiger partial charge in [0.2, 0.25) is 11.8 Å². The molecule has 108 heavy (non-hydrogen) atoms. The van der Waals surface area contributed by atoms with Gasteiger partial charge in [-0.2, -0.15) is 30.6 Å². The third-order valence-corrected chi connectivity index (χ3v) is 16.1. The van der Waals surface area contributed by atoms with E-state index in [2.05, 4.69) is 273 Å². The topological polar surface area (TPSA) is 265 Å². The van der Waals surface area contributed by atoms with E-state index in [0.717, 1.165) is 35.3 Å². The summed E-state index contributed by atoms with van der Waals surface area (Å²) in [5.41, 5.74) is 18.9. The van der Waals surface area contributed by atoms with Crippen LogP contribution in [0.2, 0.25) is 0 Å². The van der Waals surface area contributed by atoms with Crippen LogP contribution in [-0.4, -0.2) is 103 Å². The highest BCUT2D eigenvalue weighted by atomic mass is 16.4. The zero-order valence-corrected chi connectivity index (χ0v) is 72.7. The van der Waals surface area contributed by atoms with Gasteiger partial charge in [-0.15, -0.1) is 10.2 Å². The summed E-state index contributed by atoms with van der Waals surface area (Å²) in [7, 11) is 1.94. The van der Waals surface area contributed by atoms with E-state index in [0.29, 0.717) is 83.5 Å². The fourth-order valence-corrected chi connectivity index (χ4v) is 8.93. The van der Waals surface area contributed by atoms with Crippen molar-refractivity contribution in [1.82, 2.24) is 103 Å². The lowest BCUT2D eigenvalue weighted by molar-refractivity contribution is 0.447. The molecule has 12 heterocycles. The van der Waals surface area contributed by atoms with Crippen molar-refractivity contribution in [3.63, 3.8) is 0 Å². The molecule has 0 aliphatic rings. The van der Waals surface area contributed by atoms with Gasteiger partial charge in [-0.3, -0.25) is 28.1 Å². The van der Waals surface area contributed by atoms with E-state index in [1.165, 1.54) is 44.6 Å². The lowest BCUT2D eigenvalue weighted by Crippen LogP contribution is -2.04. The zero-order valence-electron chi connectivity index (χ0n) is 72.7. The number of aryl methyl sites for hydroxylation is 9. The Morgan fingerprint density at radius 1 is 0.463 bits per heavy atom. The standard InChI is InChI=1S/2C8H14N2.C8H13N.C7H13N3.3C7H12N2.C7H11NO.C7H11N.C6H10N2O.2C6H10N2/c1-6(2)10-8(4)7(3)5-9-10;1-4-10-6-8(5-9-10)7(2)3;1-6(2)8-5-9-4-7(8)3;1-5(2)10-4-7(8)6(3)9-10;1-6(2)7-4-8-9(3)5-7;1-6(2)9-4-7(3)8-5-9;1-6(2)9-5-7(3)4-8-9;1-5(2)7-8-4-6(3)9-7;1-6(2)7-3-4-8-5-7;1-4(2)6-8-7-5(3)9-6;1-6(2)8-4-3-7-5-8;1-6(2)8-5-3-4-7-8/h5-6H,1-4H3;5-7H,4H2,1-3H3;4-6,9H,1-3H3;4-5H,8H2,1-3H3;3*4-6H,1-3H3;4-5H,1-3H3;3-6,8H,1-2H3;4H,1-3H3;2*3-6H,1-2H3. The maximum Gasteiger partial charge on any atom is 0.219 e. The molecule has 4 N–H and O–H groups in total. The van der Waals surface area contributed by atoms with Gasteiger partial charge < -0.3 is 33.7 Å². The summed E-state index contributed by atoms with van der Waals surface area (Å²) in [6.07, 6.45) is 38.8. The second-order valence-corrected chi connectivity index (χ2v) is 30.2. The molecule has 0 aliphatic heterocycles. The van der Waals surface area contributed by atoms with Gasteiger partial charge in [0.1, 0.15) is 5.76 Å². The molecule has 0 saturated heterocycles. The molecule has 0 aromatic carbocycles. The van der Waals surface area contributed by atoms with Crippen molar-refractivity contribution in [3.8, 4) is 0 Å². The molecule has 0 bridgehead atoms. The lowest BCUT2D eigenvalue weighted by atomic mass is 10.0. The van der Waals surface area contributed by atoms with Crippen LogP contribution in [0.1, 0.15) is 324 Å². The van der Waals surface area contributed by atoms with Gasteiger partial charge >= 0.3 is 0 Å². The second-order valence-electron chi connectivity index (χ2n) is 30.2. The smallest absolute Gasteiger partial charge is 0.219 e. The molecule has 0 fully saturated rings. The number of rotatable bonds is 13. The maximum atomic E-state index is 5.60. The number of nitrogens with two attached hydrogens (primary N) is 1. The Kier molecular flexibility index (Phi) is 45.4. The number of imidazole rings is 2. The van der Waals surface area contributed by atoms with Crippen LogP contribution in [0.5, 0.6) is 0 Å². The van der Waals surface area contributed by atoms with Crippen molar-refractivity contribution < 1.29 is 8.83 Å². The second kappa shape index (κ2) is 50.9. The van der Waals surface area contributed by atoms with E-state index in [1.54, 1.807) is 25.5 Å². The lowest BCUT2D eigenvalue weighted by Gasteiger charge is -2.07. The zero-order chi connectivity index (χ0) is 82.1. The number of hydrogen-bond donors (Lipinski definition) is 3. The van der Waals surface area contributed by atoms with Crippen LogP contribution >= 0.6 is 0 Å². The van der Waals surface area contributed by atoms with Crippen molar-refractivity contribution in [2.24, 2.45) is 7.05 Å². The normalized spacial score (nSPS) is 10.6. The van der Waals surface area contributed by atoms with E-state index >= 15 is 0 Å². The molecule has 0 radical (unpaired) electrons. The molecular weight excluding hydrogens is 1350 g/mol. The number of nitrogens with one attached hydrogen (secondary N) is 2. The third-order valence-electron chi connectivity index (χ3n) is 16.1. The fourth-order valence-electron chi connectivity index (χ4n) is 8.93. The van der Waals surface area contributed by atoms with Gasteiger partial charge in [-0.1, -0.05) is 83.1 Å². The number of nitrogens with zero attached hydrogens (tertiary/aromatic N) is 19. The first kappa shape index (κ1) is 96.4. The summed E-state index contributed by atoms with van der Waals surface area (Å²) in [4.78, 5) is 18.1. The highest BCUT2D eigenvalue weighted by Crippen LogP contribution is 2.19. The highest BCUT2D eigenvalue weighted by molar-refractivity contribution is 5.39. The van der Waals surface area contributed by atoms with Crippen molar-refractivity contribution in [2.75, 3.05) is 5.73 Å². The Labute approximate surface area is 649 Å². The van der Waals surface area contributed by atoms with E-state index in [1.807, 2.05) is 176 Å². The van der Waals surface area contributed by atoms with Gasteiger partial charge in [0, 0.05) is 155 Å². The molecule has 0 unspecified atom stereocenters. The molecule has 12 aromatic heterocycles. The summed E-state index contributed by atoms with van der Waals surface area (Å²) in [5, 5.41) is 32.3. The first-order valence-electron chi connectivity index (χ1n) is 38.4. The van der Waals surface area contributed by atoms with Crippen LogP contribution in [0.4, 0.5) is 5.69 Å². The minimum atomic E-state index is 0.339. The SMILES string of the molecule is CC(C)c1cc[nH]c1.CC(C)c1cnn(C)c1.CC(C)n1cccn1.CC(C)n1ccnc1.CCn1cc(C(C)C)cn1.Cc1c[nH]cc1C(C)C.Cc1cn(C(C)C)cn1.Cc1cnc(C(C)C)o1.Cc1cnn(C(C)C)c1.Cc1cnn(C(C)C)c1C.Cc1nn(C(C)C)cc1N.Cc1nnc(C(C)C)o1.